The molecule has 1 unspecified atom stereocenters. The average Bonchev–Trinajstić information content (AvgIpc) is 2.69. The summed E-state index contributed by atoms with van der Waals surface area (Å²) in [6.07, 6.45) is 1.19. The van der Waals surface area contributed by atoms with Crippen molar-refractivity contribution in [2.24, 2.45) is 0 Å². The van der Waals surface area contributed by atoms with Crippen molar-refractivity contribution in [3.05, 3.63) is 47.7 Å². The summed E-state index contributed by atoms with van der Waals surface area (Å²) in [7, 11) is 0. The number of rotatable bonds is 1. The van der Waals surface area contributed by atoms with Crippen molar-refractivity contribution >= 4 is 0 Å². The van der Waals surface area contributed by atoms with Crippen molar-refractivity contribution in [1.82, 2.24) is 4.98 Å². The highest BCUT2D eigenvalue weighted by atomic mass is 16.5. The number of hydrogen-bond acceptors (Lipinski definition) is 2. The lowest BCUT2D eigenvalue weighted by molar-refractivity contribution is 0.246. The maximum Gasteiger partial charge on any atom is 0.217 e. The number of ether oxygens (including phenoxy) is 1. The van der Waals surface area contributed by atoms with E-state index in [1.807, 2.05) is 13.0 Å². The highest BCUT2D eigenvalue weighted by molar-refractivity contribution is 5.70. The SMILES string of the molecule is Cc1cc(-c2ccccc2)c2c(n1)OC(C)C2. The molecule has 0 amide bonds. The van der Waals surface area contributed by atoms with Crippen LogP contribution in [-0.4, -0.2) is 11.1 Å². The average molecular weight is 225 g/mol. The van der Waals surface area contributed by atoms with Gasteiger partial charge in [-0.15, -0.1) is 0 Å². The predicted octanol–water partition coefficient (Wildman–Crippen LogP) is 3.38. The molecule has 0 spiro atoms. The molecule has 0 saturated heterocycles. The first-order valence-electron chi connectivity index (χ1n) is 5.96. The zero-order chi connectivity index (χ0) is 11.8. The first-order chi connectivity index (χ1) is 8.24. The third kappa shape index (κ3) is 1.80. The normalized spacial score (nSPS) is 17.6. The summed E-state index contributed by atoms with van der Waals surface area (Å²) >= 11 is 0. The molecule has 1 aromatic carbocycles. The Morgan fingerprint density at radius 3 is 2.76 bits per heavy atom. The van der Waals surface area contributed by atoms with E-state index >= 15 is 0 Å². The molecule has 86 valence electrons. The zero-order valence-corrected chi connectivity index (χ0v) is 10.1. The zero-order valence-electron chi connectivity index (χ0n) is 10.1. The lowest BCUT2D eigenvalue weighted by Crippen LogP contribution is -2.05. The summed E-state index contributed by atoms with van der Waals surface area (Å²) in [6.45, 7) is 4.10. The summed E-state index contributed by atoms with van der Waals surface area (Å²) in [6, 6.07) is 12.6. The Hall–Kier alpha value is -1.83. The molecule has 0 aliphatic carbocycles. The topological polar surface area (TPSA) is 22.1 Å². The van der Waals surface area contributed by atoms with Crippen LogP contribution in [0.2, 0.25) is 0 Å². The largest absolute Gasteiger partial charge is 0.474 e. The van der Waals surface area contributed by atoms with Crippen LogP contribution in [0.5, 0.6) is 5.88 Å². The van der Waals surface area contributed by atoms with Gasteiger partial charge in [0.1, 0.15) is 6.10 Å². The molecule has 2 heteroatoms. The molecule has 2 heterocycles. The van der Waals surface area contributed by atoms with Crippen molar-refractivity contribution in [2.45, 2.75) is 26.4 Å². The van der Waals surface area contributed by atoms with E-state index in [0.717, 1.165) is 18.0 Å². The van der Waals surface area contributed by atoms with Crippen LogP contribution in [-0.2, 0) is 6.42 Å². The van der Waals surface area contributed by atoms with Gasteiger partial charge >= 0.3 is 0 Å². The maximum atomic E-state index is 5.74. The molecule has 17 heavy (non-hydrogen) atoms. The van der Waals surface area contributed by atoms with Crippen LogP contribution in [0.4, 0.5) is 0 Å². The van der Waals surface area contributed by atoms with Gasteiger partial charge in [0.2, 0.25) is 5.88 Å². The van der Waals surface area contributed by atoms with Gasteiger partial charge in [-0.1, -0.05) is 30.3 Å². The Balaban J connectivity index is 2.18. The highest BCUT2D eigenvalue weighted by Gasteiger charge is 2.24. The van der Waals surface area contributed by atoms with Crippen LogP contribution >= 0.6 is 0 Å². The lowest BCUT2D eigenvalue weighted by Gasteiger charge is -2.07. The number of aryl methyl sites for hydroxylation is 1. The second-order valence-corrected chi connectivity index (χ2v) is 4.59. The third-order valence-corrected chi connectivity index (χ3v) is 3.10. The van der Waals surface area contributed by atoms with Crippen LogP contribution in [0.3, 0.4) is 0 Å². The van der Waals surface area contributed by atoms with E-state index in [4.69, 9.17) is 4.74 Å². The summed E-state index contributed by atoms with van der Waals surface area (Å²) in [5.41, 5.74) is 4.76. The first-order valence-corrected chi connectivity index (χ1v) is 5.96. The standard InChI is InChI=1S/C15H15NO/c1-10-8-13(12-6-4-3-5-7-12)14-9-11(2)17-15(14)16-10/h3-8,11H,9H2,1-2H3. The van der Waals surface area contributed by atoms with Gasteiger partial charge in [0.25, 0.3) is 0 Å². The Kier molecular flexibility index (Phi) is 2.36. The minimum atomic E-state index is 0.238. The molecule has 0 fully saturated rings. The molecule has 0 N–H and O–H groups in total. The molecular formula is C15H15NO. The van der Waals surface area contributed by atoms with Gasteiger partial charge in [-0.25, -0.2) is 4.98 Å². The Morgan fingerprint density at radius 2 is 2.00 bits per heavy atom. The summed E-state index contributed by atoms with van der Waals surface area (Å²) in [4.78, 5) is 4.47. The fraction of sp³-hybridized carbons (Fsp3) is 0.267. The molecule has 1 aromatic heterocycles. The van der Waals surface area contributed by atoms with E-state index in [1.165, 1.54) is 16.7 Å². The highest BCUT2D eigenvalue weighted by Crippen LogP contribution is 2.35. The van der Waals surface area contributed by atoms with Gasteiger partial charge in [0, 0.05) is 17.7 Å². The first kappa shape index (κ1) is 10.3. The van der Waals surface area contributed by atoms with Crippen LogP contribution in [0, 0.1) is 6.92 Å². The fourth-order valence-corrected chi connectivity index (χ4v) is 2.36. The molecule has 0 radical (unpaired) electrons. The van der Waals surface area contributed by atoms with Gasteiger partial charge in [0.05, 0.1) is 0 Å². The Labute approximate surface area is 101 Å². The lowest BCUT2D eigenvalue weighted by atomic mass is 9.98. The van der Waals surface area contributed by atoms with Gasteiger partial charge in [-0.05, 0) is 31.0 Å². The smallest absolute Gasteiger partial charge is 0.217 e. The molecular weight excluding hydrogens is 210 g/mol. The van der Waals surface area contributed by atoms with Gasteiger partial charge in [-0.2, -0.15) is 0 Å². The van der Waals surface area contributed by atoms with Gasteiger partial charge in [-0.3, -0.25) is 0 Å². The summed E-state index contributed by atoms with van der Waals surface area (Å²) in [5.74, 6) is 0.816. The molecule has 2 nitrogen and oxygen atoms in total. The Bertz CT molecular complexity index is 548. The van der Waals surface area contributed by atoms with Gasteiger partial charge in [0.15, 0.2) is 0 Å². The van der Waals surface area contributed by atoms with Crippen LogP contribution in [0.1, 0.15) is 18.2 Å². The van der Waals surface area contributed by atoms with Crippen molar-refractivity contribution < 1.29 is 4.74 Å². The van der Waals surface area contributed by atoms with Crippen LogP contribution < -0.4 is 4.74 Å². The predicted molar refractivity (Wildman–Crippen MR) is 68.2 cm³/mol. The quantitative estimate of drug-likeness (QED) is 0.742. The van der Waals surface area contributed by atoms with Crippen molar-refractivity contribution in [1.29, 1.82) is 0 Å². The van der Waals surface area contributed by atoms with Crippen LogP contribution in [0.15, 0.2) is 36.4 Å². The summed E-state index contributed by atoms with van der Waals surface area (Å²) < 4.78 is 5.74. The van der Waals surface area contributed by atoms with Crippen molar-refractivity contribution in [3.63, 3.8) is 0 Å². The second-order valence-electron chi connectivity index (χ2n) is 4.59. The molecule has 1 atom stereocenters. The van der Waals surface area contributed by atoms with E-state index in [0.29, 0.717) is 0 Å². The minimum Gasteiger partial charge on any atom is -0.474 e. The fourth-order valence-electron chi connectivity index (χ4n) is 2.36. The molecule has 2 aromatic rings. The molecule has 3 rings (SSSR count). The van der Waals surface area contributed by atoms with Crippen molar-refractivity contribution in [2.75, 3.05) is 0 Å². The van der Waals surface area contributed by atoms with Gasteiger partial charge < -0.3 is 4.74 Å². The number of aromatic nitrogens is 1. The van der Waals surface area contributed by atoms with Crippen molar-refractivity contribution in [3.8, 4) is 17.0 Å². The number of nitrogens with zero attached hydrogens (tertiary/aromatic N) is 1. The van der Waals surface area contributed by atoms with Crippen LogP contribution in [0.25, 0.3) is 11.1 Å². The number of benzene rings is 1. The number of hydrogen-bond donors (Lipinski definition) is 0. The summed E-state index contributed by atoms with van der Waals surface area (Å²) in [5, 5.41) is 0. The van der Waals surface area contributed by atoms with E-state index in [9.17, 15) is 0 Å². The monoisotopic (exact) mass is 225 g/mol. The Morgan fingerprint density at radius 1 is 1.24 bits per heavy atom. The number of pyridine rings is 1. The van der Waals surface area contributed by atoms with E-state index in [1.54, 1.807) is 0 Å². The molecule has 0 saturated carbocycles. The van der Waals surface area contributed by atoms with E-state index < -0.39 is 0 Å². The second kappa shape index (κ2) is 3.88. The van der Waals surface area contributed by atoms with E-state index in [-0.39, 0.29) is 6.10 Å². The third-order valence-electron chi connectivity index (χ3n) is 3.10. The minimum absolute atomic E-state index is 0.238. The van der Waals surface area contributed by atoms with E-state index in [2.05, 4.69) is 42.2 Å². The number of fused-ring (bicyclic) bond motifs is 1. The molecule has 1 aliphatic heterocycles. The molecule has 1 aliphatic rings. The maximum absolute atomic E-state index is 5.74. The molecule has 0 bridgehead atoms.